The summed E-state index contributed by atoms with van der Waals surface area (Å²) in [5.41, 5.74) is 0.934. The molecule has 1 unspecified atom stereocenters. The lowest BCUT2D eigenvalue weighted by molar-refractivity contribution is -0.145. The predicted molar refractivity (Wildman–Crippen MR) is 90.2 cm³/mol. The lowest BCUT2D eigenvalue weighted by Gasteiger charge is -2.27. The van der Waals surface area contributed by atoms with E-state index in [4.69, 9.17) is 4.74 Å². The summed E-state index contributed by atoms with van der Waals surface area (Å²) < 4.78 is 6.60. The average molecular weight is 347 g/mol. The Hall–Kier alpha value is -2.61. The zero-order valence-corrected chi connectivity index (χ0v) is 13.7. The number of aromatic nitrogens is 2. The molecule has 3 N–H and O–H groups in total. The fourth-order valence-electron chi connectivity index (χ4n) is 3.26. The van der Waals surface area contributed by atoms with Crippen LogP contribution < -0.4 is 11.0 Å². The number of hydrogen-bond donors (Lipinski definition) is 3. The maximum absolute atomic E-state index is 12.2. The molecule has 0 bridgehead atoms. The Morgan fingerprint density at radius 2 is 2.04 bits per heavy atom. The molecule has 2 aromatic rings. The molecule has 8 nitrogen and oxygen atoms in total. The number of carboxylic acids is 1. The van der Waals surface area contributed by atoms with Gasteiger partial charge in [-0.15, -0.1) is 0 Å². The Balaban J connectivity index is 1.64. The van der Waals surface area contributed by atoms with E-state index in [9.17, 15) is 19.5 Å². The zero-order chi connectivity index (χ0) is 17.8. The van der Waals surface area contributed by atoms with Crippen LogP contribution in [0, 0.1) is 11.8 Å². The van der Waals surface area contributed by atoms with Gasteiger partial charge in [0.1, 0.15) is 6.54 Å². The van der Waals surface area contributed by atoms with E-state index in [2.05, 4.69) is 10.3 Å². The molecular weight excluding hydrogens is 326 g/mol. The standard InChI is InChI=1S/C17H21N3O5/c21-15(10-20-14-4-2-1-3-13(14)19-17(20)24)18-9-12(16(22)23)11-5-7-25-8-6-11/h1-4,11-12H,5-10H2,(H,18,21)(H,19,24)(H,22,23). The van der Waals surface area contributed by atoms with Crippen LogP contribution >= 0.6 is 0 Å². The number of benzene rings is 1. The van der Waals surface area contributed by atoms with Gasteiger partial charge in [0.2, 0.25) is 5.91 Å². The average Bonchev–Trinajstić information content (AvgIpc) is 2.91. The van der Waals surface area contributed by atoms with Crippen LogP contribution in [0.4, 0.5) is 0 Å². The summed E-state index contributed by atoms with van der Waals surface area (Å²) in [5.74, 6) is -1.96. The van der Waals surface area contributed by atoms with E-state index in [-0.39, 0.29) is 30.6 Å². The molecular formula is C17H21N3O5. The van der Waals surface area contributed by atoms with E-state index in [1.807, 2.05) is 0 Å². The molecule has 8 heteroatoms. The Morgan fingerprint density at radius 3 is 2.76 bits per heavy atom. The highest BCUT2D eigenvalue weighted by Crippen LogP contribution is 2.23. The normalized spacial score (nSPS) is 16.6. The number of carbonyl (C=O) groups excluding carboxylic acids is 1. The molecule has 1 aromatic carbocycles. The number of carbonyl (C=O) groups is 2. The fourth-order valence-corrected chi connectivity index (χ4v) is 3.26. The maximum Gasteiger partial charge on any atom is 0.326 e. The van der Waals surface area contributed by atoms with Gasteiger partial charge in [-0.1, -0.05) is 12.1 Å². The highest BCUT2D eigenvalue weighted by atomic mass is 16.5. The van der Waals surface area contributed by atoms with Crippen molar-refractivity contribution in [1.82, 2.24) is 14.9 Å². The van der Waals surface area contributed by atoms with Gasteiger partial charge in [0.05, 0.1) is 17.0 Å². The molecule has 0 spiro atoms. The van der Waals surface area contributed by atoms with Crippen LogP contribution in [0.25, 0.3) is 11.0 Å². The van der Waals surface area contributed by atoms with E-state index in [1.165, 1.54) is 4.57 Å². The maximum atomic E-state index is 12.2. The molecule has 1 aliphatic heterocycles. The van der Waals surface area contributed by atoms with Gasteiger partial charge in [0.25, 0.3) is 0 Å². The number of aliphatic carboxylic acids is 1. The minimum absolute atomic E-state index is 0.0117. The fraction of sp³-hybridized carbons (Fsp3) is 0.471. The number of para-hydroxylation sites is 2. The summed E-state index contributed by atoms with van der Waals surface area (Å²) in [6.07, 6.45) is 1.35. The SMILES string of the molecule is O=C(Cn1c(=O)[nH]c2ccccc21)NCC(C(=O)O)C1CCOCC1. The van der Waals surface area contributed by atoms with Crippen LogP contribution in [-0.2, 0) is 20.9 Å². The molecule has 1 atom stereocenters. The van der Waals surface area contributed by atoms with Gasteiger partial charge >= 0.3 is 11.7 Å². The van der Waals surface area contributed by atoms with Crippen molar-refractivity contribution in [3.8, 4) is 0 Å². The summed E-state index contributed by atoms with van der Waals surface area (Å²) in [5, 5.41) is 12.1. The smallest absolute Gasteiger partial charge is 0.326 e. The van der Waals surface area contributed by atoms with Crippen LogP contribution in [-0.4, -0.2) is 46.3 Å². The van der Waals surface area contributed by atoms with Crippen LogP contribution in [0.15, 0.2) is 29.1 Å². The lowest BCUT2D eigenvalue weighted by Crippen LogP contribution is -2.40. The van der Waals surface area contributed by atoms with Crippen LogP contribution in [0.5, 0.6) is 0 Å². The number of aromatic amines is 1. The third-order valence-corrected chi connectivity index (χ3v) is 4.65. The molecule has 0 saturated carbocycles. The highest BCUT2D eigenvalue weighted by molar-refractivity contribution is 5.81. The third kappa shape index (κ3) is 3.90. The summed E-state index contributed by atoms with van der Waals surface area (Å²) in [6, 6.07) is 7.10. The Labute approximate surface area is 143 Å². The molecule has 1 saturated heterocycles. The summed E-state index contributed by atoms with van der Waals surface area (Å²) in [4.78, 5) is 38.4. The number of H-pyrrole nitrogens is 1. The lowest BCUT2D eigenvalue weighted by atomic mass is 9.86. The van der Waals surface area contributed by atoms with Gasteiger partial charge in [0, 0.05) is 19.8 Å². The first kappa shape index (κ1) is 17.2. The van der Waals surface area contributed by atoms with Gasteiger partial charge in [-0.2, -0.15) is 0 Å². The van der Waals surface area contributed by atoms with Gasteiger partial charge < -0.3 is 20.1 Å². The van der Waals surface area contributed by atoms with Crippen molar-refractivity contribution < 1.29 is 19.4 Å². The highest BCUT2D eigenvalue weighted by Gasteiger charge is 2.30. The van der Waals surface area contributed by atoms with Crippen molar-refractivity contribution in [3.05, 3.63) is 34.7 Å². The second kappa shape index (κ2) is 7.52. The first-order valence-corrected chi connectivity index (χ1v) is 8.31. The topological polar surface area (TPSA) is 113 Å². The molecule has 1 aliphatic rings. The second-order valence-corrected chi connectivity index (χ2v) is 6.23. The van der Waals surface area contributed by atoms with E-state index in [0.29, 0.717) is 37.1 Å². The van der Waals surface area contributed by atoms with Crippen molar-refractivity contribution in [2.24, 2.45) is 11.8 Å². The summed E-state index contributed by atoms with van der Waals surface area (Å²) >= 11 is 0. The van der Waals surface area contributed by atoms with Crippen molar-refractivity contribution in [2.75, 3.05) is 19.8 Å². The number of nitrogens with zero attached hydrogens (tertiary/aromatic N) is 1. The summed E-state index contributed by atoms with van der Waals surface area (Å²) in [7, 11) is 0. The molecule has 3 rings (SSSR count). The molecule has 0 aliphatic carbocycles. The van der Waals surface area contributed by atoms with Crippen molar-refractivity contribution >= 4 is 22.9 Å². The number of nitrogens with one attached hydrogen (secondary N) is 2. The molecule has 134 valence electrons. The number of fused-ring (bicyclic) bond motifs is 1. The van der Waals surface area contributed by atoms with E-state index in [1.54, 1.807) is 24.3 Å². The summed E-state index contributed by atoms with van der Waals surface area (Å²) in [6.45, 7) is 0.999. The predicted octanol–water partition coefficient (Wildman–Crippen LogP) is 0.573. The van der Waals surface area contributed by atoms with Crippen molar-refractivity contribution in [1.29, 1.82) is 0 Å². The van der Waals surface area contributed by atoms with Gasteiger partial charge in [0.15, 0.2) is 0 Å². The Kier molecular flexibility index (Phi) is 5.18. The van der Waals surface area contributed by atoms with E-state index >= 15 is 0 Å². The zero-order valence-electron chi connectivity index (χ0n) is 13.7. The molecule has 1 amide bonds. The molecule has 25 heavy (non-hydrogen) atoms. The Morgan fingerprint density at radius 1 is 1.32 bits per heavy atom. The number of ether oxygens (including phenoxy) is 1. The Bertz CT molecular complexity index is 819. The molecule has 0 radical (unpaired) electrons. The quantitative estimate of drug-likeness (QED) is 0.707. The number of hydrogen-bond acceptors (Lipinski definition) is 4. The first-order chi connectivity index (χ1) is 12.1. The van der Waals surface area contributed by atoms with Gasteiger partial charge in [-0.25, -0.2) is 4.79 Å². The van der Waals surface area contributed by atoms with Gasteiger partial charge in [-0.3, -0.25) is 14.2 Å². The molecule has 1 aromatic heterocycles. The third-order valence-electron chi connectivity index (χ3n) is 4.65. The van der Waals surface area contributed by atoms with E-state index < -0.39 is 11.9 Å². The van der Waals surface area contributed by atoms with Crippen molar-refractivity contribution in [3.63, 3.8) is 0 Å². The monoisotopic (exact) mass is 347 g/mol. The number of amides is 1. The first-order valence-electron chi connectivity index (χ1n) is 8.31. The van der Waals surface area contributed by atoms with Crippen LogP contribution in [0.3, 0.4) is 0 Å². The minimum atomic E-state index is -0.920. The number of imidazole rings is 1. The van der Waals surface area contributed by atoms with Crippen molar-refractivity contribution in [2.45, 2.75) is 19.4 Å². The van der Waals surface area contributed by atoms with E-state index in [0.717, 1.165) is 0 Å². The molecule has 2 heterocycles. The largest absolute Gasteiger partial charge is 0.481 e. The second-order valence-electron chi connectivity index (χ2n) is 6.23. The van der Waals surface area contributed by atoms with Crippen LogP contribution in [0.1, 0.15) is 12.8 Å². The molecule has 1 fully saturated rings. The van der Waals surface area contributed by atoms with Gasteiger partial charge in [-0.05, 0) is 30.9 Å². The number of carboxylic acid groups (broad SMARTS) is 1. The van der Waals surface area contributed by atoms with Crippen LogP contribution in [0.2, 0.25) is 0 Å². The minimum Gasteiger partial charge on any atom is -0.481 e. The number of rotatable bonds is 6.